The predicted octanol–water partition coefficient (Wildman–Crippen LogP) is 5.61. The molecular formula is C21H34N2. The van der Waals surface area contributed by atoms with Gasteiger partial charge in [-0.2, -0.15) is 0 Å². The van der Waals surface area contributed by atoms with Gasteiger partial charge in [-0.25, -0.2) is 0 Å². The Hall–Kier alpha value is -1.18. The van der Waals surface area contributed by atoms with Crippen LogP contribution in [0.3, 0.4) is 0 Å². The van der Waals surface area contributed by atoms with Crippen LogP contribution >= 0.6 is 0 Å². The Morgan fingerprint density at radius 1 is 0.913 bits per heavy atom. The standard InChI is InChI=1S/C21H34N2/c1-3-17-14-16(2)20(22)15-21(17)23(18-10-6-4-7-11-18)19-12-8-5-9-13-19/h14-15,18-19H,3-13,22H2,1-2H3. The molecule has 0 atom stereocenters. The van der Waals surface area contributed by atoms with Crippen LogP contribution in [0, 0.1) is 6.92 Å². The molecule has 0 bridgehead atoms. The van der Waals surface area contributed by atoms with Gasteiger partial charge in [0.15, 0.2) is 0 Å². The maximum atomic E-state index is 6.31. The van der Waals surface area contributed by atoms with Crippen LogP contribution < -0.4 is 10.6 Å². The van der Waals surface area contributed by atoms with Crippen LogP contribution in [0.15, 0.2) is 12.1 Å². The van der Waals surface area contributed by atoms with E-state index in [9.17, 15) is 0 Å². The Kier molecular flexibility index (Phi) is 5.50. The lowest BCUT2D eigenvalue weighted by atomic mass is 9.87. The molecular weight excluding hydrogens is 280 g/mol. The summed E-state index contributed by atoms with van der Waals surface area (Å²) in [5.74, 6) is 0. The van der Waals surface area contributed by atoms with Gasteiger partial charge in [-0.15, -0.1) is 0 Å². The van der Waals surface area contributed by atoms with Crippen molar-refractivity contribution in [1.29, 1.82) is 0 Å². The lowest BCUT2D eigenvalue weighted by Gasteiger charge is -2.44. The zero-order valence-electron chi connectivity index (χ0n) is 15.1. The highest BCUT2D eigenvalue weighted by Gasteiger charge is 2.30. The van der Waals surface area contributed by atoms with E-state index in [0.717, 1.165) is 24.2 Å². The third kappa shape index (κ3) is 3.67. The first kappa shape index (κ1) is 16.7. The molecule has 2 nitrogen and oxygen atoms in total. The zero-order chi connectivity index (χ0) is 16.2. The smallest absolute Gasteiger partial charge is 0.0424 e. The number of nitrogens with zero attached hydrogens (tertiary/aromatic N) is 1. The van der Waals surface area contributed by atoms with E-state index in [4.69, 9.17) is 5.73 Å². The Morgan fingerprint density at radius 3 is 1.91 bits per heavy atom. The van der Waals surface area contributed by atoms with Crippen LogP contribution in [-0.2, 0) is 6.42 Å². The molecule has 2 aliphatic rings. The molecule has 0 aromatic heterocycles. The van der Waals surface area contributed by atoms with Crippen molar-refractivity contribution in [3.8, 4) is 0 Å². The second kappa shape index (κ2) is 7.59. The van der Waals surface area contributed by atoms with Crippen molar-refractivity contribution in [2.24, 2.45) is 0 Å². The molecule has 2 N–H and O–H groups in total. The van der Waals surface area contributed by atoms with Gasteiger partial charge in [0.2, 0.25) is 0 Å². The van der Waals surface area contributed by atoms with E-state index in [-0.39, 0.29) is 0 Å². The molecule has 0 saturated heterocycles. The van der Waals surface area contributed by atoms with E-state index < -0.39 is 0 Å². The highest BCUT2D eigenvalue weighted by molar-refractivity contribution is 5.65. The molecule has 0 aliphatic heterocycles. The summed E-state index contributed by atoms with van der Waals surface area (Å²) in [5.41, 5.74) is 11.5. The molecule has 23 heavy (non-hydrogen) atoms. The van der Waals surface area contributed by atoms with Crippen LogP contribution in [0.2, 0.25) is 0 Å². The van der Waals surface area contributed by atoms with Gasteiger partial charge in [0, 0.05) is 23.5 Å². The van der Waals surface area contributed by atoms with Crippen molar-refractivity contribution in [3.63, 3.8) is 0 Å². The van der Waals surface area contributed by atoms with Crippen LogP contribution in [0.5, 0.6) is 0 Å². The Balaban J connectivity index is 1.97. The molecule has 128 valence electrons. The topological polar surface area (TPSA) is 29.3 Å². The third-order valence-corrected chi connectivity index (χ3v) is 6.06. The lowest BCUT2D eigenvalue weighted by molar-refractivity contribution is 0.339. The predicted molar refractivity (Wildman–Crippen MR) is 101 cm³/mol. The number of nitrogens with two attached hydrogens (primary N) is 1. The van der Waals surface area contributed by atoms with Crippen LogP contribution in [0.1, 0.15) is 82.3 Å². The zero-order valence-corrected chi connectivity index (χ0v) is 15.1. The van der Waals surface area contributed by atoms with Crippen molar-refractivity contribution in [3.05, 3.63) is 23.3 Å². The maximum Gasteiger partial charge on any atom is 0.0424 e. The van der Waals surface area contributed by atoms with E-state index in [2.05, 4.69) is 30.9 Å². The van der Waals surface area contributed by atoms with Gasteiger partial charge in [0.05, 0.1) is 0 Å². The van der Waals surface area contributed by atoms with Crippen LogP contribution in [0.25, 0.3) is 0 Å². The summed E-state index contributed by atoms with van der Waals surface area (Å²) >= 11 is 0. The summed E-state index contributed by atoms with van der Waals surface area (Å²) in [6.07, 6.45) is 15.0. The molecule has 2 saturated carbocycles. The van der Waals surface area contributed by atoms with Gasteiger partial charge in [-0.1, -0.05) is 51.5 Å². The Labute approximate surface area is 142 Å². The number of hydrogen-bond donors (Lipinski definition) is 1. The average molecular weight is 315 g/mol. The first-order valence-corrected chi connectivity index (χ1v) is 9.88. The highest BCUT2D eigenvalue weighted by atomic mass is 15.2. The molecule has 0 spiro atoms. The van der Waals surface area contributed by atoms with Gasteiger partial charge < -0.3 is 10.6 Å². The summed E-state index contributed by atoms with van der Waals surface area (Å²) in [7, 11) is 0. The summed E-state index contributed by atoms with van der Waals surface area (Å²) in [6, 6.07) is 6.10. The van der Waals surface area contributed by atoms with Crippen LogP contribution in [-0.4, -0.2) is 12.1 Å². The second-order valence-electron chi connectivity index (χ2n) is 7.68. The average Bonchev–Trinajstić information content (AvgIpc) is 2.60. The minimum absolute atomic E-state index is 0.735. The van der Waals surface area contributed by atoms with Gasteiger partial charge >= 0.3 is 0 Å². The van der Waals surface area contributed by atoms with Crippen molar-refractivity contribution < 1.29 is 0 Å². The summed E-state index contributed by atoms with van der Waals surface area (Å²) in [5, 5.41) is 0. The molecule has 0 radical (unpaired) electrons. The molecule has 2 heteroatoms. The van der Waals surface area contributed by atoms with E-state index in [1.807, 2.05) is 0 Å². The summed E-state index contributed by atoms with van der Waals surface area (Å²) in [6.45, 7) is 4.43. The SMILES string of the molecule is CCc1cc(C)c(N)cc1N(C1CCCCC1)C1CCCCC1. The molecule has 1 aromatic rings. The molecule has 3 rings (SSSR count). The van der Waals surface area contributed by atoms with Gasteiger partial charge in [0.25, 0.3) is 0 Å². The monoisotopic (exact) mass is 314 g/mol. The Morgan fingerprint density at radius 2 is 1.43 bits per heavy atom. The molecule has 0 unspecified atom stereocenters. The minimum Gasteiger partial charge on any atom is -0.398 e. The van der Waals surface area contributed by atoms with E-state index in [0.29, 0.717) is 0 Å². The fourth-order valence-corrected chi connectivity index (χ4v) is 4.71. The number of benzene rings is 1. The maximum absolute atomic E-state index is 6.31. The number of hydrogen-bond acceptors (Lipinski definition) is 2. The van der Waals surface area contributed by atoms with E-state index in [1.165, 1.54) is 81.0 Å². The number of anilines is 2. The number of rotatable bonds is 4. The van der Waals surface area contributed by atoms with Crippen molar-refractivity contribution in [2.75, 3.05) is 10.6 Å². The molecule has 0 amide bonds. The molecule has 2 fully saturated rings. The first-order chi connectivity index (χ1) is 11.2. The van der Waals surface area contributed by atoms with E-state index in [1.54, 1.807) is 0 Å². The molecule has 0 heterocycles. The van der Waals surface area contributed by atoms with Crippen LogP contribution in [0.4, 0.5) is 11.4 Å². The van der Waals surface area contributed by atoms with Crippen molar-refractivity contribution >= 4 is 11.4 Å². The van der Waals surface area contributed by atoms with Gasteiger partial charge in [-0.3, -0.25) is 0 Å². The minimum atomic E-state index is 0.735. The van der Waals surface area contributed by atoms with Gasteiger partial charge in [-0.05, 0) is 56.2 Å². The quantitative estimate of drug-likeness (QED) is 0.732. The summed E-state index contributed by atoms with van der Waals surface area (Å²) < 4.78 is 0. The van der Waals surface area contributed by atoms with E-state index >= 15 is 0 Å². The van der Waals surface area contributed by atoms with Crippen molar-refractivity contribution in [1.82, 2.24) is 0 Å². The fraction of sp³-hybridized carbons (Fsp3) is 0.714. The highest BCUT2D eigenvalue weighted by Crippen LogP contribution is 2.37. The number of nitrogen functional groups attached to an aromatic ring is 1. The van der Waals surface area contributed by atoms with Crippen molar-refractivity contribution in [2.45, 2.75) is 96.6 Å². The normalized spacial score (nSPS) is 20.6. The summed E-state index contributed by atoms with van der Waals surface area (Å²) in [4.78, 5) is 2.83. The largest absolute Gasteiger partial charge is 0.398 e. The second-order valence-corrected chi connectivity index (χ2v) is 7.68. The molecule has 2 aliphatic carbocycles. The van der Waals surface area contributed by atoms with Gasteiger partial charge in [0.1, 0.15) is 0 Å². The third-order valence-electron chi connectivity index (χ3n) is 6.06. The Bertz CT molecular complexity index is 493. The number of aryl methyl sites for hydroxylation is 2. The fourth-order valence-electron chi connectivity index (χ4n) is 4.71. The first-order valence-electron chi connectivity index (χ1n) is 9.88. The lowest BCUT2D eigenvalue weighted by Crippen LogP contribution is -2.46. The molecule has 1 aromatic carbocycles.